The van der Waals surface area contributed by atoms with Crippen molar-refractivity contribution in [2.75, 3.05) is 25.1 Å². The van der Waals surface area contributed by atoms with Gasteiger partial charge in [0, 0.05) is 13.0 Å². The minimum atomic E-state index is -0.252. The monoisotopic (exact) mass is 366 g/mol. The number of carbonyl (C=O) groups excluding carboxylic acids is 2. The summed E-state index contributed by atoms with van der Waals surface area (Å²) in [5.74, 6) is 1.03. The molecule has 1 heterocycles. The van der Waals surface area contributed by atoms with Gasteiger partial charge in [-0.25, -0.2) is 0 Å². The largest absolute Gasteiger partial charge is 0.486 e. The maximum atomic E-state index is 12.3. The Bertz CT molecular complexity index is 848. The molecule has 0 unspecified atom stereocenters. The molecule has 0 radical (unpaired) electrons. The van der Waals surface area contributed by atoms with E-state index in [1.807, 2.05) is 18.2 Å². The first-order valence-electron chi connectivity index (χ1n) is 8.84. The van der Waals surface area contributed by atoms with Gasteiger partial charge in [0.05, 0.1) is 11.3 Å². The molecule has 0 aliphatic carbocycles. The Morgan fingerprint density at radius 2 is 1.85 bits per heavy atom. The first kappa shape index (κ1) is 18.5. The predicted octanol–water partition coefficient (Wildman–Crippen LogP) is 2.94. The van der Waals surface area contributed by atoms with Crippen LogP contribution in [0.2, 0.25) is 0 Å². The van der Waals surface area contributed by atoms with Gasteiger partial charge in [0.2, 0.25) is 5.91 Å². The van der Waals surface area contributed by atoms with Crippen LogP contribution in [-0.2, 0) is 11.2 Å². The van der Waals surface area contributed by atoms with Gasteiger partial charge in [0.1, 0.15) is 13.2 Å². The summed E-state index contributed by atoms with van der Waals surface area (Å²) in [7, 11) is 0. The summed E-state index contributed by atoms with van der Waals surface area (Å²) in [6.45, 7) is 5.02. The minimum Gasteiger partial charge on any atom is -0.486 e. The van der Waals surface area contributed by atoms with Gasteiger partial charge in [-0.05, 0) is 36.2 Å². The van der Waals surface area contributed by atoms with E-state index in [0.29, 0.717) is 49.6 Å². The summed E-state index contributed by atoms with van der Waals surface area (Å²) in [5, 5.41) is 5.53. The van der Waals surface area contributed by atoms with Crippen molar-refractivity contribution in [1.82, 2.24) is 5.32 Å². The number of carbonyl (C=O) groups is 2. The van der Waals surface area contributed by atoms with Crippen LogP contribution in [0.5, 0.6) is 11.5 Å². The Morgan fingerprint density at radius 3 is 2.67 bits per heavy atom. The number of ether oxygens (including phenoxy) is 2. The summed E-state index contributed by atoms with van der Waals surface area (Å²) < 4.78 is 11.1. The number of nitrogens with one attached hydrogen (secondary N) is 2. The lowest BCUT2D eigenvalue weighted by atomic mass is 10.1. The number of aryl methyl sites for hydroxylation is 1. The number of hydrogen-bond acceptors (Lipinski definition) is 4. The molecule has 0 fully saturated rings. The van der Waals surface area contributed by atoms with Crippen LogP contribution in [0.4, 0.5) is 5.69 Å². The lowest BCUT2D eigenvalue weighted by Crippen LogP contribution is -2.25. The number of amides is 2. The van der Waals surface area contributed by atoms with Gasteiger partial charge in [-0.15, -0.1) is 6.58 Å². The highest BCUT2D eigenvalue weighted by Crippen LogP contribution is 2.31. The van der Waals surface area contributed by atoms with Crippen molar-refractivity contribution in [2.24, 2.45) is 0 Å². The van der Waals surface area contributed by atoms with Gasteiger partial charge in [-0.1, -0.05) is 24.3 Å². The van der Waals surface area contributed by atoms with Gasteiger partial charge in [-0.2, -0.15) is 0 Å². The summed E-state index contributed by atoms with van der Waals surface area (Å²) in [5.41, 5.74) is 1.91. The highest BCUT2D eigenvalue weighted by atomic mass is 16.6. The zero-order chi connectivity index (χ0) is 19.1. The fourth-order valence-electron chi connectivity index (χ4n) is 2.76. The average Bonchev–Trinajstić information content (AvgIpc) is 2.70. The highest BCUT2D eigenvalue weighted by molar-refractivity contribution is 6.03. The second kappa shape index (κ2) is 8.89. The lowest BCUT2D eigenvalue weighted by molar-refractivity contribution is -0.116. The van der Waals surface area contributed by atoms with Crippen molar-refractivity contribution in [3.05, 3.63) is 66.2 Å². The Kier molecular flexibility index (Phi) is 6.10. The summed E-state index contributed by atoms with van der Waals surface area (Å²) in [4.78, 5) is 24.5. The van der Waals surface area contributed by atoms with Crippen LogP contribution in [0.1, 0.15) is 22.3 Å². The molecule has 140 valence electrons. The number of hydrogen-bond donors (Lipinski definition) is 2. The molecule has 3 rings (SSSR count). The quantitative estimate of drug-likeness (QED) is 0.739. The lowest BCUT2D eigenvalue weighted by Gasteiger charge is -2.18. The molecular weight excluding hydrogens is 344 g/mol. The SMILES string of the molecule is C=CCNC(=O)c1ccccc1NC(=O)CCc1ccc2c(c1)OCCO2. The fourth-order valence-corrected chi connectivity index (χ4v) is 2.76. The van der Waals surface area contributed by atoms with Crippen LogP contribution in [0.15, 0.2) is 55.1 Å². The Balaban J connectivity index is 1.60. The molecule has 2 N–H and O–H groups in total. The van der Waals surface area contributed by atoms with E-state index in [4.69, 9.17) is 9.47 Å². The third kappa shape index (κ3) is 4.88. The second-order valence-electron chi connectivity index (χ2n) is 6.07. The van der Waals surface area contributed by atoms with Crippen LogP contribution in [0.3, 0.4) is 0 Å². The molecule has 2 amide bonds. The number of rotatable bonds is 7. The first-order chi connectivity index (χ1) is 13.2. The third-order valence-corrected chi connectivity index (χ3v) is 4.10. The van der Waals surface area contributed by atoms with Gasteiger partial charge in [0.25, 0.3) is 5.91 Å². The fraction of sp³-hybridized carbons (Fsp3) is 0.238. The normalized spacial score (nSPS) is 12.1. The molecule has 27 heavy (non-hydrogen) atoms. The molecule has 0 spiro atoms. The van der Waals surface area contributed by atoms with Crippen molar-refractivity contribution in [2.45, 2.75) is 12.8 Å². The topological polar surface area (TPSA) is 76.7 Å². The van der Waals surface area contributed by atoms with Crippen LogP contribution in [0.25, 0.3) is 0 Å². The van der Waals surface area contributed by atoms with E-state index in [0.717, 1.165) is 11.3 Å². The van der Waals surface area contributed by atoms with E-state index < -0.39 is 0 Å². The zero-order valence-corrected chi connectivity index (χ0v) is 15.0. The standard InChI is InChI=1S/C21H22N2O4/c1-2-11-22-21(25)16-5-3-4-6-17(16)23-20(24)10-8-15-7-9-18-19(14-15)27-13-12-26-18/h2-7,9,14H,1,8,10-13H2,(H,22,25)(H,23,24). The zero-order valence-electron chi connectivity index (χ0n) is 15.0. The second-order valence-corrected chi connectivity index (χ2v) is 6.07. The van der Waals surface area contributed by atoms with Gasteiger partial charge in [-0.3, -0.25) is 9.59 Å². The van der Waals surface area contributed by atoms with Crippen molar-refractivity contribution < 1.29 is 19.1 Å². The molecule has 1 aliphatic heterocycles. The molecular formula is C21H22N2O4. The molecule has 2 aromatic carbocycles. The van der Waals surface area contributed by atoms with E-state index in [9.17, 15) is 9.59 Å². The van der Waals surface area contributed by atoms with Crippen LogP contribution < -0.4 is 20.1 Å². The Labute approximate surface area is 158 Å². The molecule has 0 atom stereocenters. The maximum absolute atomic E-state index is 12.3. The first-order valence-corrected chi connectivity index (χ1v) is 8.84. The number of anilines is 1. The maximum Gasteiger partial charge on any atom is 0.253 e. The van der Waals surface area contributed by atoms with Gasteiger partial charge in [0.15, 0.2) is 11.5 Å². The molecule has 1 aliphatic rings. The van der Waals surface area contributed by atoms with E-state index >= 15 is 0 Å². The highest BCUT2D eigenvalue weighted by Gasteiger charge is 2.14. The molecule has 0 aromatic heterocycles. The van der Waals surface area contributed by atoms with Crippen molar-refractivity contribution >= 4 is 17.5 Å². The van der Waals surface area contributed by atoms with E-state index in [-0.39, 0.29) is 11.8 Å². The van der Waals surface area contributed by atoms with Crippen LogP contribution in [-0.4, -0.2) is 31.6 Å². The van der Waals surface area contributed by atoms with E-state index in [2.05, 4.69) is 17.2 Å². The molecule has 2 aromatic rings. The van der Waals surface area contributed by atoms with Crippen LogP contribution in [0, 0.1) is 0 Å². The summed E-state index contributed by atoms with van der Waals surface area (Å²) in [6, 6.07) is 12.6. The molecule has 6 heteroatoms. The number of benzene rings is 2. The predicted molar refractivity (Wildman–Crippen MR) is 103 cm³/mol. The number of fused-ring (bicyclic) bond motifs is 1. The molecule has 0 saturated carbocycles. The van der Waals surface area contributed by atoms with Gasteiger partial charge < -0.3 is 20.1 Å². The minimum absolute atomic E-state index is 0.158. The van der Waals surface area contributed by atoms with Crippen LogP contribution >= 0.6 is 0 Å². The summed E-state index contributed by atoms with van der Waals surface area (Å²) in [6.07, 6.45) is 2.46. The Morgan fingerprint density at radius 1 is 1.07 bits per heavy atom. The van der Waals surface area contributed by atoms with Crippen molar-refractivity contribution in [3.63, 3.8) is 0 Å². The van der Waals surface area contributed by atoms with E-state index in [1.165, 1.54) is 0 Å². The Hall–Kier alpha value is -3.28. The molecule has 0 bridgehead atoms. The smallest absolute Gasteiger partial charge is 0.253 e. The van der Waals surface area contributed by atoms with Crippen molar-refractivity contribution in [1.29, 1.82) is 0 Å². The average molecular weight is 366 g/mol. The van der Waals surface area contributed by atoms with Gasteiger partial charge >= 0.3 is 0 Å². The molecule has 6 nitrogen and oxygen atoms in total. The van der Waals surface area contributed by atoms with E-state index in [1.54, 1.807) is 30.3 Å². The summed E-state index contributed by atoms with van der Waals surface area (Å²) >= 11 is 0. The van der Waals surface area contributed by atoms with Crippen molar-refractivity contribution in [3.8, 4) is 11.5 Å². The third-order valence-electron chi connectivity index (χ3n) is 4.10. The molecule has 0 saturated heterocycles. The number of para-hydroxylation sites is 1.